The van der Waals surface area contributed by atoms with Crippen LogP contribution in [-0.4, -0.2) is 35.4 Å². The Morgan fingerprint density at radius 3 is 2.79 bits per heavy atom. The van der Waals surface area contributed by atoms with E-state index in [1.807, 2.05) is 59.5 Å². The smallest absolute Gasteiger partial charge is 0.307 e. The third kappa shape index (κ3) is 2.81. The number of anilines is 2. The number of aromatic nitrogens is 1. The Morgan fingerprint density at radius 2 is 1.93 bits per heavy atom. The zero-order chi connectivity index (χ0) is 19.1. The van der Waals surface area contributed by atoms with Crippen LogP contribution in [0.25, 0.3) is 11.3 Å². The summed E-state index contributed by atoms with van der Waals surface area (Å²) in [6.07, 6.45) is 2.09. The highest BCUT2D eigenvalue weighted by Gasteiger charge is 2.41. The molecular weight excluding hydrogens is 356 g/mol. The molecule has 0 radical (unpaired) electrons. The Kier molecular flexibility index (Phi) is 3.86. The van der Waals surface area contributed by atoms with Crippen molar-refractivity contribution >= 4 is 23.2 Å². The van der Waals surface area contributed by atoms with Crippen molar-refractivity contribution in [1.82, 2.24) is 10.3 Å². The second-order valence-corrected chi connectivity index (χ2v) is 6.98. The minimum Gasteiger partial charge on any atom is -0.432 e. The maximum Gasteiger partial charge on any atom is 0.307 e. The van der Waals surface area contributed by atoms with Crippen LogP contribution in [-0.2, 0) is 4.79 Å². The van der Waals surface area contributed by atoms with Crippen molar-refractivity contribution in [3.05, 3.63) is 66.7 Å². The van der Waals surface area contributed by atoms with Gasteiger partial charge in [0, 0.05) is 18.2 Å². The number of benzene rings is 2. The summed E-state index contributed by atoms with van der Waals surface area (Å²) in [5.74, 6) is 0.148. The van der Waals surface area contributed by atoms with E-state index in [1.165, 1.54) is 0 Å². The number of carbonyl (C=O) groups excluding carboxylic acids is 2. The predicted octanol–water partition coefficient (Wildman–Crippen LogP) is 2.67. The first-order valence-electron chi connectivity index (χ1n) is 9.18. The van der Waals surface area contributed by atoms with Gasteiger partial charge in [0.1, 0.15) is 6.04 Å². The third-order valence-corrected chi connectivity index (χ3v) is 5.17. The molecular formula is C21H18N4O3. The van der Waals surface area contributed by atoms with E-state index in [0.29, 0.717) is 18.7 Å². The molecule has 7 nitrogen and oxygen atoms in total. The number of oxazole rings is 1. The monoisotopic (exact) mass is 374 g/mol. The number of nitrogens with one attached hydrogen (secondary N) is 2. The molecule has 2 atom stereocenters. The Bertz CT molecular complexity index is 1050. The van der Waals surface area contributed by atoms with Gasteiger partial charge in [-0.05, 0) is 18.6 Å². The van der Waals surface area contributed by atoms with E-state index >= 15 is 0 Å². The zero-order valence-corrected chi connectivity index (χ0v) is 15.0. The van der Waals surface area contributed by atoms with Crippen molar-refractivity contribution in [3.63, 3.8) is 0 Å². The molecule has 2 aliphatic heterocycles. The second-order valence-electron chi connectivity index (χ2n) is 6.98. The fourth-order valence-electron chi connectivity index (χ4n) is 3.86. The average molecular weight is 374 g/mol. The summed E-state index contributed by atoms with van der Waals surface area (Å²) in [6.45, 7) is 0.563. The number of nitrogens with zero attached hydrogens (tertiary/aromatic N) is 2. The molecule has 2 unspecified atom stereocenters. The van der Waals surface area contributed by atoms with Crippen molar-refractivity contribution in [3.8, 4) is 11.3 Å². The first-order chi connectivity index (χ1) is 13.7. The van der Waals surface area contributed by atoms with E-state index in [0.717, 1.165) is 16.9 Å². The average Bonchev–Trinajstić information content (AvgIpc) is 3.37. The van der Waals surface area contributed by atoms with Crippen LogP contribution in [0, 0.1) is 0 Å². The van der Waals surface area contributed by atoms with E-state index in [9.17, 15) is 9.59 Å². The van der Waals surface area contributed by atoms with Crippen LogP contribution in [0.15, 0.2) is 65.2 Å². The highest BCUT2D eigenvalue weighted by atomic mass is 16.4. The van der Waals surface area contributed by atoms with Gasteiger partial charge in [-0.2, -0.15) is 0 Å². The molecule has 0 aliphatic carbocycles. The van der Waals surface area contributed by atoms with Gasteiger partial charge < -0.3 is 20.0 Å². The van der Waals surface area contributed by atoms with Gasteiger partial charge in [0.25, 0.3) is 5.89 Å². The van der Waals surface area contributed by atoms with Crippen LogP contribution in [0.4, 0.5) is 11.4 Å². The number of rotatable bonds is 3. The summed E-state index contributed by atoms with van der Waals surface area (Å²) >= 11 is 0. The Morgan fingerprint density at radius 1 is 1.14 bits per heavy atom. The third-order valence-electron chi connectivity index (χ3n) is 5.17. The van der Waals surface area contributed by atoms with Gasteiger partial charge in [-0.25, -0.2) is 4.98 Å². The first kappa shape index (κ1) is 16.6. The number of para-hydroxylation sites is 2. The summed E-state index contributed by atoms with van der Waals surface area (Å²) in [4.78, 5) is 31.1. The summed E-state index contributed by atoms with van der Waals surface area (Å²) in [7, 11) is 0. The van der Waals surface area contributed by atoms with Crippen LogP contribution >= 0.6 is 0 Å². The van der Waals surface area contributed by atoms with E-state index < -0.39 is 0 Å². The molecule has 1 fully saturated rings. The van der Waals surface area contributed by atoms with Crippen molar-refractivity contribution in [1.29, 1.82) is 0 Å². The van der Waals surface area contributed by atoms with Crippen LogP contribution in [0.5, 0.6) is 0 Å². The van der Waals surface area contributed by atoms with E-state index in [4.69, 9.17) is 4.42 Å². The molecule has 140 valence electrons. The van der Waals surface area contributed by atoms with Gasteiger partial charge in [0.2, 0.25) is 5.91 Å². The summed E-state index contributed by atoms with van der Waals surface area (Å²) in [5.41, 5.74) is 2.64. The molecule has 2 aromatic carbocycles. The predicted molar refractivity (Wildman–Crippen MR) is 104 cm³/mol. The summed E-state index contributed by atoms with van der Waals surface area (Å²) < 4.78 is 5.62. The normalized spacial score (nSPS) is 20.3. The van der Waals surface area contributed by atoms with Crippen LogP contribution < -0.4 is 15.5 Å². The van der Waals surface area contributed by atoms with Crippen molar-refractivity contribution in [2.45, 2.75) is 18.5 Å². The number of hydrogen-bond acceptors (Lipinski definition) is 5. The molecule has 2 amide bonds. The molecule has 0 spiro atoms. The van der Waals surface area contributed by atoms with Gasteiger partial charge in [-0.1, -0.05) is 42.5 Å². The number of amides is 2. The first-order valence-corrected chi connectivity index (χ1v) is 9.18. The fourth-order valence-corrected chi connectivity index (χ4v) is 3.86. The van der Waals surface area contributed by atoms with Gasteiger partial charge in [0.15, 0.2) is 5.76 Å². The second kappa shape index (κ2) is 6.53. The molecule has 0 saturated carbocycles. The zero-order valence-electron chi connectivity index (χ0n) is 15.0. The van der Waals surface area contributed by atoms with Crippen LogP contribution in [0.3, 0.4) is 0 Å². The van der Waals surface area contributed by atoms with Crippen molar-refractivity contribution in [2.75, 3.05) is 16.8 Å². The fraction of sp³-hybridized carbons (Fsp3) is 0.190. The molecule has 0 bridgehead atoms. The molecule has 2 N–H and O–H groups in total. The van der Waals surface area contributed by atoms with Crippen molar-refractivity contribution < 1.29 is 14.0 Å². The van der Waals surface area contributed by atoms with Gasteiger partial charge in [0.05, 0.1) is 17.6 Å². The van der Waals surface area contributed by atoms with Gasteiger partial charge in [-0.3, -0.25) is 9.59 Å². The maximum atomic E-state index is 12.6. The molecule has 3 heterocycles. The molecule has 7 heteroatoms. The van der Waals surface area contributed by atoms with Gasteiger partial charge in [-0.15, -0.1) is 0 Å². The SMILES string of the molecule is O=C(NC1CC2C(=O)Nc3ccccc3N2C1)c1ncc(-c2ccccc2)o1. The summed E-state index contributed by atoms with van der Waals surface area (Å²) in [6, 6.07) is 16.7. The topological polar surface area (TPSA) is 87.5 Å². The molecule has 1 saturated heterocycles. The lowest BCUT2D eigenvalue weighted by atomic mass is 10.1. The molecule has 5 rings (SSSR count). The Hall–Kier alpha value is -3.61. The molecule has 1 aromatic heterocycles. The number of carbonyl (C=O) groups is 2. The van der Waals surface area contributed by atoms with E-state index in [1.54, 1.807) is 6.20 Å². The summed E-state index contributed by atoms with van der Waals surface area (Å²) in [5, 5.41) is 5.89. The van der Waals surface area contributed by atoms with Crippen LogP contribution in [0.1, 0.15) is 17.1 Å². The highest BCUT2D eigenvalue weighted by Crippen LogP contribution is 2.36. The Balaban J connectivity index is 1.31. The quantitative estimate of drug-likeness (QED) is 0.736. The minimum absolute atomic E-state index is 0.0218. The lowest BCUT2D eigenvalue weighted by Gasteiger charge is -2.32. The molecule has 3 aromatic rings. The molecule has 28 heavy (non-hydrogen) atoms. The van der Waals surface area contributed by atoms with Crippen molar-refractivity contribution in [2.24, 2.45) is 0 Å². The standard InChI is InChI=1S/C21H18N4O3/c26-19-17-10-14(12-25(17)16-9-5-4-8-15(16)24-19)23-20(27)21-22-11-18(28-21)13-6-2-1-3-7-13/h1-9,11,14,17H,10,12H2,(H,23,27)(H,24,26). The number of fused-ring (bicyclic) bond motifs is 3. The van der Waals surface area contributed by atoms with E-state index in [-0.39, 0.29) is 29.8 Å². The van der Waals surface area contributed by atoms with Crippen LogP contribution in [0.2, 0.25) is 0 Å². The minimum atomic E-state index is -0.374. The molecule has 2 aliphatic rings. The lowest BCUT2D eigenvalue weighted by Crippen LogP contribution is -2.44. The van der Waals surface area contributed by atoms with E-state index in [2.05, 4.69) is 15.6 Å². The lowest BCUT2D eigenvalue weighted by molar-refractivity contribution is -0.117. The number of hydrogen-bond donors (Lipinski definition) is 2. The largest absolute Gasteiger partial charge is 0.432 e. The Labute approximate surface area is 161 Å². The maximum absolute atomic E-state index is 12.6. The highest BCUT2D eigenvalue weighted by molar-refractivity contribution is 6.04. The van der Waals surface area contributed by atoms with Gasteiger partial charge >= 0.3 is 5.91 Å².